The van der Waals surface area contributed by atoms with Gasteiger partial charge in [0.1, 0.15) is 12.7 Å². The van der Waals surface area contributed by atoms with Gasteiger partial charge < -0.3 is 10.1 Å². The fourth-order valence-corrected chi connectivity index (χ4v) is 1.16. The lowest BCUT2D eigenvalue weighted by Crippen LogP contribution is -2.27. The Morgan fingerprint density at radius 2 is 2.06 bits per heavy atom. The highest BCUT2D eigenvalue weighted by molar-refractivity contribution is 5.93. The zero-order valence-electron chi connectivity index (χ0n) is 10.3. The number of nitriles is 1. The summed E-state index contributed by atoms with van der Waals surface area (Å²) in [5, 5.41) is 11.5. The zero-order valence-corrected chi connectivity index (χ0v) is 10.3. The number of rotatable bonds is 3. The number of hydrogen-bond acceptors (Lipinski definition) is 3. The lowest BCUT2D eigenvalue weighted by atomic mass is 10.2. The van der Waals surface area contributed by atoms with Crippen molar-refractivity contribution in [2.24, 2.45) is 0 Å². The number of carbonyl (C=O) groups is 1. The van der Waals surface area contributed by atoms with Crippen LogP contribution in [0.15, 0.2) is 24.3 Å². The summed E-state index contributed by atoms with van der Waals surface area (Å²) in [6, 6.07) is 8.87. The van der Waals surface area contributed by atoms with Gasteiger partial charge in [-0.15, -0.1) is 0 Å². The number of hydrogen-bond donors (Lipinski definition) is 1. The van der Waals surface area contributed by atoms with Crippen molar-refractivity contribution in [2.75, 3.05) is 11.9 Å². The fraction of sp³-hybridized carbons (Fsp3) is 0.385. The van der Waals surface area contributed by atoms with Crippen molar-refractivity contribution in [3.63, 3.8) is 0 Å². The molecule has 0 spiro atoms. The molecule has 0 bridgehead atoms. The Morgan fingerprint density at radius 1 is 1.41 bits per heavy atom. The van der Waals surface area contributed by atoms with Crippen molar-refractivity contribution in [2.45, 2.75) is 26.4 Å². The third-order valence-corrected chi connectivity index (χ3v) is 1.96. The molecule has 0 atom stereocenters. The van der Waals surface area contributed by atoms with Gasteiger partial charge in [-0.05, 0) is 32.9 Å². The van der Waals surface area contributed by atoms with Crippen LogP contribution in [0.25, 0.3) is 0 Å². The van der Waals surface area contributed by atoms with Crippen LogP contribution < -0.4 is 5.32 Å². The molecule has 90 valence electrons. The molecule has 0 aromatic heterocycles. The second-order valence-corrected chi connectivity index (χ2v) is 4.61. The number of benzene rings is 1. The van der Waals surface area contributed by atoms with E-state index in [9.17, 15) is 4.79 Å². The molecule has 4 heteroatoms. The summed E-state index contributed by atoms with van der Waals surface area (Å²) in [4.78, 5) is 11.6. The predicted molar refractivity (Wildman–Crippen MR) is 65.5 cm³/mol. The van der Waals surface area contributed by atoms with E-state index < -0.39 is 0 Å². The molecule has 1 rings (SSSR count). The summed E-state index contributed by atoms with van der Waals surface area (Å²) in [5.41, 5.74) is 0.598. The first-order chi connectivity index (χ1) is 7.92. The molecule has 0 unspecified atom stereocenters. The second-order valence-electron chi connectivity index (χ2n) is 4.61. The van der Waals surface area contributed by atoms with Crippen molar-refractivity contribution in [1.82, 2.24) is 0 Å². The Morgan fingerprint density at radius 3 is 2.65 bits per heavy atom. The first-order valence-electron chi connectivity index (χ1n) is 5.35. The van der Waals surface area contributed by atoms with Crippen LogP contribution in [0.4, 0.5) is 5.69 Å². The Hall–Kier alpha value is -1.86. The van der Waals surface area contributed by atoms with Gasteiger partial charge in [-0.2, -0.15) is 5.26 Å². The van der Waals surface area contributed by atoms with Gasteiger partial charge in [0.15, 0.2) is 0 Å². The number of anilines is 1. The molecule has 0 fully saturated rings. The van der Waals surface area contributed by atoms with Gasteiger partial charge in [0.25, 0.3) is 0 Å². The number of nitrogens with one attached hydrogen (secondary N) is 1. The quantitative estimate of drug-likeness (QED) is 0.869. The van der Waals surface area contributed by atoms with Crippen LogP contribution in [-0.4, -0.2) is 18.1 Å². The summed E-state index contributed by atoms with van der Waals surface area (Å²) in [5.74, 6) is -0.261. The molecular formula is C13H16N2O2. The number of ether oxygens (including phenoxy) is 1. The predicted octanol–water partition coefficient (Wildman–Crippen LogP) is 2.31. The minimum Gasteiger partial charge on any atom is -0.366 e. The normalized spacial score (nSPS) is 10.7. The van der Waals surface area contributed by atoms with Crippen LogP contribution >= 0.6 is 0 Å². The van der Waals surface area contributed by atoms with Crippen LogP contribution in [-0.2, 0) is 9.53 Å². The van der Waals surface area contributed by atoms with Gasteiger partial charge in [-0.3, -0.25) is 4.79 Å². The maximum absolute atomic E-state index is 11.6. The summed E-state index contributed by atoms with van der Waals surface area (Å²) in [7, 11) is 0. The van der Waals surface area contributed by atoms with Crippen LogP contribution in [0.1, 0.15) is 26.3 Å². The van der Waals surface area contributed by atoms with E-state index in [1.807, 2.05) is 26.8 Å². The highest BCUT2D eigenvalue weighted by Crippen LogP contribution is 2.13. The molecule has 0 heterocycles. The summed E-state index contributed by atoms with van der Waals surface area (Å²) in [6.07, 6.45) is 0. The minimum atomic E-state index is -0.355. The van der Waals surface area contributed by atoms with Gasteiger partial charge in [0.2, 0.25) is 5.91 Å². The Balaban J connectivity index is 2.60. The van der Waals surface area contributed by atoms with E-state index in [0.29, 0.717) is 11.3 Å². The van der Waals surface area contributed by atoms with Crippen molar-refractivity contribution in [1.29, 1.82) is 5.26 Å². The standard InChI is InChI=1S/C13H16N2O2/c1-13(2,3)17-9-12(16)15-11-7-5-4-6-10(11)8-14/h4-7H,9H2,1-3H3,(H,15,16). The minimum absolute atomic E-state index is 0.0245. The van der Waals surface area contributed by atoms with Crippen molar-refractivity contribution in [3.05, 3.63) is 29.8 Å². The van der Waals surface area contributed by atoms with Crippen molar-refractivity contribution in [3.8, 4) is 6.07 Å². The molecule has 1 amide bonds. The topological polar surface area (TPSA) is 62.1 Å². The van der Waals surface area contributed by atoms with Gasteiger partial charge in [0, 0.05) is 0 Å². The first-order valence-corrected chi connectivity index (χ1v) is 5.35. The molecule has 0 saturated carbocycles. The average molecular weight is 232 g/mol. The molecule has 0 aliphatic carbocycles. The smallest absolute Gasteiger partial charge is 0.250 e. The van der Waals surface area contributed by atoms with Gasteiger partial charge in [-0.25, -0.2) is 0 Å². The first kappa shape index (κ1) is 13.2. The fourth-order valence-electron chi connectivity index (χ4n) is 1.16. The van der Waals surface area contributed by atoms with Crippen LogP contribution in [0, 0.1) is 11.3 Å². The van der Waals surface area contributed by atoms with Gasteiger partial charge in [-0.1, -0.05) is 12.1 Å². The Bertz CT molecular complexity index is 441. The number of amides is 1. The zero-order chi connectivity index (χ0) is 12.9. The average Bonchev–Trinajstić information content (AvgIpc) is 2.26. The molecule has 1 aromatic carbocycles. The highest BCUT2D eigenvalue weighted by Gasteiger charge is 2.13. The molecule has 0 aliphatic heterocycles. The molecule has 0 radical (unpaired) electrons. The lowest BCUT2D eigenvalue weighted by molar-refractivity contribution is -0.125. The van der Waals surface area contributed by atoms with E-state index in [1.165, 1.54) is 0 Å². The van der Waals surface area contributed by atoms with E-state index >= 15 is 0 Å². The van der Waals surface area contributed by atoms with Crippen molar-refractivity contribution < 1.29 is 9.53 Å². The summed E-state index contributed by atoms with van der Waals surface area (Å²) >= 11 is 0. The van der Waals surface area contributed by atoms with Crippen LogP contribution in [0.5, 0.6) is 0 Å². The third-order valence-electron chi connectivity index (χ3n) is 1.96. The molecule has 17 heavy (non-hydrogen) atoms. The number of nitrogens with zero attached hydrogens (tertiary/aromatic N) is 1. The second kappa shape index (κ2) is 5.46. The number of carbonyl (C=O) groups excluding carboxylic acids is 1. The van der Waals surface area contributed by atoms with Crippen LogP contribution in [0.2, 0.25) is 0 Å². The molecule has 0 aliphatic rings. The maximum Gasteiger partial charge on any atom is 0.250 e. The van der Waals surface area contributed by atoms with Crippen molar-refractivity contribution >= 4 is 11.6 Å². The lowest BCUT2D eigenvalue weighted by Gasteiger charge is -2.19. The van der Waals surface area contributed by atoms with E-state index in [2.05, 4.69) is 5.32 Å². The van der Waals surface area contributed by atoms with Gasteiger partial charge in [0.05, 0.1) is 16.9 Å². The van der Waals surface area contributed by atoms with E-state index in [4.69, 9.17) is 10.00 Å². The molecule has 4 nitrogen and oxygen atoms in total. The Labute approximate surface area is 101 Å². The monoisotopic (exact) mass is 232 g/mol. The number of para-hydroxylation sites is 1. The van der Waals surface area contributed by atoms with E-state index in [1.54, 1.807) is 24.3 Å². The molecule has 0 saturated heterocycles. The van der Waals surface area contributed by atoms with E-state index in [0.717, 1.165) is 0 Å². The maximum atomic E-state index is 11.6. The molecular weight excluding hydrogens is 216 g/mol. The summed E-state index contributed by atoms with van der Waals surface area (Å²) < 4.78 is 5.34. The highest BCUT2D eigenvalue weighted by atomic mass is 16.5. The molecule has 1 aromatic rings. The SMILES string of the molecule is CC(C)(C)OCC(=O)Nc1ccccc1C#N. The summed E-state index contributed by atoms with van der Waals surface area (Å²) in [6.45, 7) is 5.61. The Kier molecular flexibility index (Phi) is 4.24. The van der Waals surface area contributed by atoms with Gasteiger partial charge >= 0.3 is 0 Å². The van der Waals surface area contributed by atoms with Crippen LogP contribution in [0.3, 0.4) is 0 Å². The van der Waals surface area contributed by atoms with E-state index in [-0.39, 0.29) is 18.1 Å². The third kappa shape index (κ3) is 4.66. The molecule has 1 N–H and O–H groups in total. The largest absolute Gasteiger partial charge is 0.366 e.